The summed E-state index contributed by atoms with van der Waals surface area (Å²) in [5.74, 6) is -1.61. The fraction of sp³-hybridized carbons (Fsp3) is 0.321. The molecule has 1 aromatic heterocycles. The molecule has 0 saturated heterocycles. The first-order valence-electron chi connectivity index (χ1n) is 11.9. The molecule has 0 radical (unpaired) electrons. The number of aromatic nitrogens is 1. The van der Waals surface area contributed by atoms with Crippen molar-refractivity contribution in [2.45, 2.75) is 38.5 Å². The standard InChI is InChI=1S/C28H27F6N3O3/c1-16-8-6-7-9-20(16)21-13-23(36(4)15-24(38)39)35-14-22(21)37(5)25(40)26(2,3)17-10-18(27(29,30)31)12-19(11-17)28(32,33)34/h6-14H,15H2,1-5H3,(H,38,39). The highest BCUT2D eigenvalue weighted by Gasteiger charge is 2.41. The number of carboxylic acids is 1. The summed E-state index contributed by atoms with van der Waals surface area (Å²) < 4.78 is 81.0. The molecule has 0 fully saturated rings. The molecular weight excluding hydrogens is 540 g/mol. The quantitative estimate of drug-likeness (QED) is 0.328. The number of rotatable bonds is 7. The number of hydrogen-bond donors (Lipinski definition) is 1. The summed E-state index contributed by atoms with van der Waals surface area (Å²) in [6.45, 7) is 3.94. The molecule has 2 aromatic carbocycles. The minimum atomic E-state index is -5.07. The molecule has 0 atom stereocenters. The molecule has 0 aliphatic heterocycles. The van der Waals surface area contributed by atoms with E-state index in [0.29, 0.717) is 23.3 Å². The van der Waals surface area contributed by atoms with Crippen LogP contribution < -0.4 is 9.80 Å². The van der Waals surface area contributed by atoms with Gasteiger partial charge < -0.3 is 14.9 Å². The number of amides is 1. The van der Waals surface area contributed by atoms with Crippen molar-refractivity contribution in [3.63, 3.8) is 0 Å². The van der Waals surface area contributed by atoms with E-state index in [0.717, 1.165) is 10.5 Å². The minimum absolute atomic E-state index is 0.0142. The molecule has 3 aromatic rings. The monoisotopic (exact) mass is 567 g/mol. The van der Waals surface area contributed by atoms with Gasteiger partial charge in [0.05, 0.1) is 28.4 Å². The van der Waals surface area contributed by atoms with Gasteiger partial charge in [0.1, 0.15) is 12.4 Å². The maximum Gasteiger partial charge on any atom is 0.416 e. The van der Waals surface area contributed by atoms with E-state index in [4.69, 9.17) is 5.11 Å². The first kappa shape index (κ1) is 30.5. The number of pyridine rings is 1. The van der Waals surface area contributed by atoms with E-state index in [9.17, 15) is 35.9 Å². The van der Waals surface area contributed by atoms with Crippen molar-refractivity contribution in [2.24, 2.45) is 0 Å². The molecule has 3 rings (SSSR count). The minimum Gasteiger partial charge on any atom is -0.480 e. The fourth-order valence-electron chi connectivity index (χ4n) is 4.26. The van der Waals surface area contributed by atoms with E-state index in [1.165, 1.54) is 39.0 Å². The van der Waals surface area contributed by atoms with Gasteiger partial charge in [-0.1, -0.05) is 24.3 Å². The van der Waals surface area contributed by atoms with Crippen LogP contribution in [-0.4, -0.2) is 42.6 Å². The predicted molar refractivity (Wildman–Crippen MR) is 138 cm³/mol. The second-order valence-electron chi connectivity index (χ2n) is 9.91. The van der Waals surface area contributed by atoms with Crippen LogP contribution in [0, 0.1) is 6.92 Å². The number of anilines is 2. The normalized spacial score (nSPS) is 12.3. The Morgan fingerprint density at radius 3 is 1.88 bits per heavy atom. The summed E-state index contributed by atoms with van der Waals surface area (Å²) in [4.78, 5) is 31.8. The number of aliphatic carboxylic acids is 1. The fourth-order valence-corrected chi connectivity index (χ4v) is 4.26. The number of carbonyl (C=O) groups is 2. The lowest BCUT2D eigenvalue weighted by Crippen LogP contribution is -2.42. The van der Waals surface area contributed by atoms with Gasteiger partial charge in [-0.15, -0.1) is 0 Å². The number of halogens is 6. The van der Waals surface area contributed by atoms with E-state index < -0.39 is 46.3 Å². The van der Waals surface area contributed by atoms with Crippen molar-refractivity contribution in [1.82, 2.24) is 4.98 Å². The van der Waals surface area contributed by atoms with E-state index in [-0.39, 0.29) is 24.1 Å². The van der Waals surface area contributed by atoms with E-state index in [1.54, 1.807) is 24.3 Å². The Kier molecular flexibility index (Phi) is 8.24. The van der Waals surface area contributed by atoms with Crippen molar-refractivity contribution < 1.29 is 41.0 Å². The molecular formula is C28H27F6N3O3. The topological polar surface area (TPSA) is 73.7 Å². The lowest BCUT2D eigenvalue weighted by Gasteiger charge is -2.32. The summed E-state index contributed by atoms with van der Waals surface area (Å²) in [7, 11) is 2.86. The lowest BCUT2D eigenvalue weighted by molar-refractivity contribution is -0.143. The molecule has 1 N–H and O–H groups in total. The Morgan fingerprint density at radius 2 is 1.38 bits per heavy atom. The van der Waals surface area contributed by atoms with Crippen LogP contribution in [0.4, 0.5) is 37.8 Å². The molecule has 12 heteroatoms. The van der Waals surface area contributed by atoms with Crippen molar-refractivity contribution >= 4 is 23.4 Å². The molecule has 0 saturated carbocycles. The van der Waals surface area contributed by atoms with Crippen LogP contribution in [0.5, 0.6) is 0 Å². The van der Waals surface area contributed by atoms with Gasteiger partial charge in [-0.3, -0.25) is 9.59 Å². The number of alkyl halides is 6. The Morgan fingerprint density at radius 1 is 0.850 bits per heavy atom. The Hall–Kier alpha value is -4.09. The molecule has 6 nitrogen and oxygen atoms in total. The molecule has 0 bridgehead atoms. The van der Waals surface area contributed by atoms with Crippen molar-refractivity contribution in [2.75, 3.05) is 30.4 Å². The highest BCUT2D eigenvalue weighted by Crippen LogP contribution is 2.41. The maximum atomic E-state index is 13.8. The van der Waals surface area contributed by atoms with Gasteiger partial charge in [-0.05, 0) is 61.7 Å². The van der Waals surface area contributed by atoms with Gasteiger partial charge in [0.25, 0.3) is 0 Å². The van der Waals surface area contributed by atoms with Gasteiger partial charge in [0.2, 0.25) is 5.91 Å². The van der Waals surface area contributed by atoms with Gasteiger partial charge in [0, 0.05) is 19.7 Å². The zero-order valence-electron chi connectivity index (χ0n) is 22.3. The average Bonchev–Trinajstić information content (AvgIpc) is 2.86. The molecule has 0 unspecified atom stereocenters. The summed E-state index contributed by atoms with van der Waals surface area (Å²) in [5.41, 5.74) is -3.17. The van der Waals surface area contributed by atoms with Crippen LogP contribution in [0.1, 0.15) is 36.1 Å². The van der Waals surface area contributed by atoms with Gasteiger partial charge >= 0.3 is 18.3 Å². The van der Waals surface area contributed by atoms with Crippen molar-refractivity contribution in [1.29, 1.82) is 0 Å². The summed E-state index contributed by atoms with van der Waals surface area (Å²) in [6.07, 6.45) is -8.82. The highest BCUT2D eigenvalue weighted by molar-refractivity contribution is 6.03. The van der Waals surface area contributed by atoms with Gasteiger partial charge in [-0.25, -0.2) is 4.98 Å². The van der Waals surface area contributed by atoms with Crippen LogP contribution >= 0.6 is 0 Å². The van der Waals surface area contributed by atoms with Crippen LogP contribution in [0.25, 0.3) is 11.1 Å². The molecule has 214 valence electrons. The third-order valence-electron chi connectivity index (χ3n) is 6.58. The number of nitrogens with zero attached hydrogens (tertiary/aromatic N) is 3. The van der Waals surface area contributed by atoms with Crippen LogP contribution in [0.3, 0.4) is 0 Å². The molecule has 1 heterocycles. The summed E-state index contributed by atoms with van der Waals surface area (Å²) in [6, 6.07) is 9.80. The number of carbonyl (C=O) groups excluding carboxylic acids is 1. The largest absolute Gasteiger partial charge is 0.480 e. The predicted octanol–water partition coefficient (Wildman–Crippen LogP) is 6.56. The Labute approximate surface area is 226 Å². The zero-order valence-corrected chi connectivity index (χ0v) is 22.3. The van der Waals surface area contributed by atoms with E-state index in [1.807, 2.05) is 13.0 Å². The van der Waals surface area contributed by atoms with Crippen molar-refractivity contribution in [3.8, 4) is 11.1 Å². The van der Waals surface area contributed by atoms with Gasteiger partial charge in [-0.2, -0.15) is 26.3 Å². The lowest BCUT2D eigenvalue weighted by atomic mass is 9.81. The smallest absolute Gasteiger partial charge is 0.416 e. The second-order valence-corrected chi connectivity index (χ2v) is 9.91. The summed E-state index contributed by atoms with van der Waals surface area (Å²) >= 11 is 0. The number of likely N-dealkylation sites (N-methyl/N-ethyl adjacent to an activating group) is 2. The van der Waals surface area contributed by atoms with Crippen molar-refractivity contribution in [3.05, 3.63) is 77.0 Å². The number of hydrogen-bond acceptors (Lipinski definition) is 4. The third kappa shape index (κ3) is 6.37. The van der Waals surface area contributed by atoms with Crippen LogP contribution in [-0.2, 0) is 27.4 Å². The van der Waals surface area contributed by atoms with E-state index in [2.05, 4.69) is 4.98 Å². The average molecular weight is 568 g/mol. The van der Waals surface area contributed by atoms with Gasteiger partial charge in [0.15, 0.2) is 0 Å². The highest BCUT2D eigenvalue weighted by atomic mass is 19.4. The molecule has 0 aliphatic rings. The first-order chi connectivity index (χ1) is 18.3. The van der Waals surface area contributed by atoms with Crippen LogP contribution in [0.15, 0.2) is 54.7 Å². The molecule has 0 aliphatic carbocycles. The molecule has 0 spiro atoms. The first-order valence-corrected chi connectivity index (χ1v) is 11.9. The SMILES string of the molecule is Cc1ccccc1-c1cc(N(C)CC(=O)O)ncc1N(C)C(=O)C(C)(C)c1cc(C(F)(F)F)cc(C(F)(F)F)c1. The Balaban J connectivity index is 2.16. The molecule has 40 heavy (non-hydrogen) atoms. The zero-order chi connectivity index (χ0) is 30.2. The van der Waals surface area contributed by atoms with Crippen LogP contribution in [0.2, 0.25) is 0 Å². The second kappa shape index (κ2) is 10.8. The number of benzene rings is 2. The molecule has 1 amide bonds. The third-order valence-corrected chi connectivity index (χ3v) is 6.58. The summed E-state index contributed by atoms with van der Waals surface area (Å²) in [5, 5.41) is 9.17. The van der Waals surface area contributed by atoms with E-state index >= 15 is 0 Å². The Bertz CT molecular complexity index is 1400. The maximum absolute atomic E-state index is 13.8. The number of carboxylic acid groups (broad SMARTS) is 1. The number of aryl methyl sites for hydroxylation is 1.